The van der Waals surface area contributed by atoms with Crippen LogP contribution in [0.25, 0.3) is 0 Å². The van der Waals surface area contributed by atoms with Crippen LogP contribution in [0.15, 0.2) is 10.2 Å². The third-order valence-electron chi connectivity index (χ3n) is 8.12. The Labute approximate surface area is 309 Å². The van der Waals surface area contributed by atoms with E-state index in [0.717, 1.165) is 77.0 Å². The van der Waals surface area contributed by atoms with Gasteiger partial charge in [0.2, 0.25) is 11.8 Å². The zero-order valence-electron chi connectivity index (χ0n) is 31.8. The van der Waals surface area contributed by atoms with Gasteiger partial charge in [0.05, 0.1) is 13.1 Å². The molecule has 0 bridgehead atoms. The maximum atomic E-state index is 12.7. The number of unbranched alkanes of at least 4 members (excludes halogenated alkanes) is 14. The van der Waals surface area contributed by atoms with Crippen LogP contribution >= 0.6 is 15.2 Å². The fourth-order valence-corrected chi connectivity index (χ4v) is 6.14. The van der Waals surface area contributed by atoms with Gasteiger partial charge in [0.25, 0.3) is 0 Å². The highest BCUT2D eigenvalue weighted by molar-refractivity contribution is 7.52. The molecule has 304 valence electrons. The van der Waals surface area contributed by atoms with E-state index >= 15 is 0 Å². The highest BCUT2D eigenvalue weighted by Gasteiger charge is 2.32. The number of esters is 2. The quantitative estimate of drug-likeness (QED) is 0.0208. The van der Waals surface area contributed by atoms with Gasteiger partial charge in [0, 0.05) is 25.2 Å². The lowest BCUT2D eigenvalue weighted by Gasteiger charge is -2.22. The van der Waals surface area contributed by atoms with Crippen molar-refractivity contribution in [2.45, 2.75) is 154 Å². The zero-order chi connectivity index (χ0) is 39.5. The molecular formula is C34H66N4O12P2. The molecule has 0 aromatic heterocycles. The van der Waals surface area contributed by atoms with E-state index in [4.69, 9.17) is 29.0 Å². The number of carbonyl (C=O) groups excluding carboxylic acids is 4. The van der Waals surface area contributed by atoms with E-state index in [9.17, 15) is 28.3 Å². The van der Waals surface area contributed by atoms with Gasteiger partial charge < -0.3 is 39.7 Å². The van der Waals surface area contributed by atoms with Crippen LogP contribution in [0.2, 0.25) is 0 Å². The minimum Gasteiger partial charge on any atom is -0.464 e. The molecule has 0 aliphatic carbocycles. The first-order chi connectivity index (χ1) is 24.3. The van der Waals surface area contributed by atoms with E-state index in [1.165, 1.54) is 0 Å². The van der Waals surface area contributed by atoms with E-state index in [1.807, 2.05) is 0 Å². The van der Waals surface area contributed by atoms with E-state index in [-0.39, 0.29) is 63.4 Å². The van der Waals surface area contributed by atoms with E-state index in [1.54, 1.807) is 27.7 Å². The normalized spacial score (nSPS) is 12.5. The molecule has 0 atom stereocenters. The lowest BCUT2D eigenvalue weighted by atomic mass is 10.0. The second-order valence-corrected chi connectivity index (χ2v) is 17.8. The molecule has 2 amide bonds. The van der Waals surface area contributed by atoms with Gasteiger partial charge in [-0.1, -0.05) is 77.0 Å². The van der Waals surface area contributed by atoms with Crippen LogP contribution in [0.4, 0.5) is 0 Å². The molecule has 18 heteroatoms. The molecule has 0 saturated carbocycles. The molecule has 0 aliphatic heterocycles. The summed E-state index contributed by atoms with van der Waals surface area (Å²) in [5, 5.41) is 13.5. The van der Waals surface area contributed by atoms with Gasteiger partial charge in [0.1, 0.15) is 13.2 Å². The van der Waals surface area contributed by atoms with Crippen LogP contribution in [-0.2, 0) is 37.8 Å². The van der Waals surface area contributed by atoms with Crippen LogP contribution in [0.1, 0.15) is 143 Å². The summed E-state index contributed by atoms with van der Waals surface area (Å²) in [5.74, 6) is -1.59. The van der Waals surface area contributed by atoms with Crippen LogP contribution in [-0.4, -0.2) is 93.0 Å². The van der Waals surface area contributed by atoms with Gasteiger partial charge in [-0.05, 0) is 53.4 Å². The molecule has 0 spiro atoms. The number of hydrogen-bond acceptors (Lipinski definition) is 10. The lowest BCUT2D eigenvalue weighted by molar-refractivity contribution is -0.144. The summed E-state index contributed by atoms with van der Waals surface area (Å²) in [6.07, 6.45) is 14.1. The Morgan fingerprint density at radius 3 is 1.06 bits per heavy atom. The van der Waals surface area contributed by atoms with Gasteiger partial charge in [-0.25, -0.2) is 0 Å². The summed E-state index contributed by atoms with van der Waals surface area (Å²) in [4.78, 5) is 84.7. The number of ether oxygens (including phenoxy) is 2. The number of azo groups is 1. The first-order valence-corrected chi connectivity index (χ1v) is 22.3. The van der Waals surface area contributed by atoms with Gasteiger partial charge in [0.15, 0.2) is 11.1 Å². The van der Waals surface area contributed by atoms with Crippen molar-refractivity contribution in [3.05, 3.63) is 0 Å². The van der Waals surface area contributed by atoms with Crippen molar-refractivity contribution in [3.63, 3.8) is 0 Å². The summed E-state index contributed by atoms with van der Waals surface area (Å²) in [7, 11) is -7.79. The molecule has 6 N–H and O–H groups in total. The number of amides is 2. The molecule has 52 heavy (non-hydrogen) atoms. The third-order valence-corrected chi connectivity index (χ3v) is 9.92. The standard InChI is InChI=1S/C34H66N4O12P2/c1-33(2,31(41)35-23-25-49-29(39)21-17-13-9-5-7-11-15-19-27-51(43,44)45)37-38-34(3,4)32(42)36-24-26-50-30(40)22-18-14-10-6-8-12-16-20-28-52(46,47)48/h5-28H2,1-4H3,(H,35,41)(H,36,42)(H2,43,44,45)(H2,46,47,48). The molecule has 16 nitrogen and oxygen atoms in total. The van der Waals surface area contributed by atoms with E-state index in [0.29, 0.717) is 25.7 Å². The summed E-state index contributed by atoms with van der Waals surface area (Å²) < 4.78 is 32.0. The molecular weight excluding hydrogens is 718 g/mol. The van der Waals surface area contributed by atoms with Gasteiger partial charge in [-0.3, -0.25) is 28.3 Å². The smallest absolute Gasteiger partial charge is 0.325 e. The van der Waals surface area contributed by atoms with Crippen LogP contribution in [0.5, 0.6) is 0 Å². The molecule has 0 aromatic carbocycles. The van der Waals surface area contributed by atoms with E-state index in [2.05, 4.69) is 20.9 Å². The molecule has 0 rings (SSSR count). The maximum absolute atomic E-state index is 12.7. The Kier molecular flexibility index (Phi) is 26.2. The van der Waals surface area contributed by atoms with Crippen LogP contribution in [0.3, 0.4) is 0 Å². The molecule has 0 aromatic rings. The second-order valence-electron chi connectivity index (χ2n) is 14.2. The van der Waals surface area contributed by atoms with Crippen LogP contribution in [0, 0.1) is 0 Å². The SMILES string of the molecule is CC(C)(N=NC(C)(C)C(=O)NCCOC(=O)CCCCCCCCCCP(=O)(O)O)C(=O)NCCOC(=O)CCCCCCCCCCP(=O)(O)O. The molecule has 0 unspecified atom stereocenters. The van der Waals surface area contributed by atoms with Crippen LogP contribution < -0.4 is 10.6 Å². The van der Waals surface area contributed by atoms with Crippen molar-refractivity contribution in [2.75, 3.05) is 38.6 Å². The number of nitrogens with zero attached hydrogens (tertiary/aromatic N) is 2. The number of carbonyl (C=O) groups is 4. The lowest BCUT2D eigenvalue weighted by Crippen LogP contribution is -2.44. The van der Waals surface area contributed by atoms with Crippen molar-refractivity contribution in [3.8, 4) is 0 Å². The summed E-state index contributed by atoms with van der Waals surface area (Å²) >= 11 is 0. The molecule has 0 heterocycles. The van der Waals surface area contributed by atoms with Crippen molar-refractivity contribution in [2.24, 2.45) is 10.2 Å². The second kappa shape index (κ2) is 27.4. The van der Waals surface area contributed by atoms with Crippen molar-refractivity contribution < 1.29 is 57.4 Å². The Morgan fingerprint density at radius 2 is 0.769 bits per heavy atom. The highest BCUT2D eigenvalue weighted by atomic mass is 31.2. The topological polar surface area (TPSA) is 251 Å². The molecule has 0 aliphatic rings. The largest absolute Gasteiger partial charge is 0.464 e. The molecule has 0 radical (unpaired) electrons. The summed E-state index contributed by atoms with van der Waals surface area (Å²) in [6.45, 7) is 6.41. The van der Waals surface area contributed by atoms with Gasteiger partial charge in [-0.15, -0.1) is 0 Å². The van der Waals surface area contributed by atoms with Crippen molar-refractivity contribution in [1.29, 1.82) is 0 Å². The minimum absolute atomic E-state index is 0.0123. The predicted molar refractivity (Wildman–Crippen MR) is 198 cm³/mol. The Hall–Kier alpha value is -2.22. The summed E-state index contributed by atoms with van der Waals surface area (Å²) in [6, 6.07) is 0. The average Bonchev–Trinajstić information content (AvgIpc) is 3.04. The Balaban J connectivity index is 4.04. The monoisotopic (exact) mass is 784 g/mol. The Morgan fingerprint density at radius 1 is 0.500 bits per heavy atom. The predicted octanol–water partition coefficient (Wildman–Crippen LogP) is 5.69. The minimum atomic E-state index is -3.90. The van der Waals surface area contributed by atoms with Crippen molar-refractivity contribution in [1.82, 2.24) is 10.6 Å². The van der Waals surface area contributed by atoms with E-state index < -0.39 is 38.1 Å². The van der Waals surface area contributed by atoms with Gasteiger partial charge >= 0.3 is 27.1 Å². The highest BCUT2D eigenvalue weighted by Crippen LogP contribution is 2.36. The first kappa shape index (κ1) is 49.8. The fourth-order valence-electron chi connectivity index (χ4n) is 4.87. The third kappa shape index (κ3) is 30.3. The summed E-state index contributed by atoms with van der Waals surface area (Å²) in [5.41, 5.74) is -2.57. The zero-order valence-corrected chi connectivity index (χ0v) is 33.6. The number of hydrogen-bond donors (Lipinski definition) is 6. The average molecular weight is 785 g/mol. The molecule has 0 fully saturated rings. The molecule has 0 saturated heterocycles. The van der Waals surface area contributed by atoms with Gasteiger partial charge in [-0.2, -0.15) is 10.2 Å². The Bertz CT molecular complexity index is 1080. The maximum Gasteiger partial charge on any atom is 0.325 e. The fraction of sp³-hybridized carbons (Fsp3) is 0.882. The number of nitrogens with one attached hydrogen (secondary N) is 2. The van der Waals surface area contributed by atoms with Crippen molar-refractivity contribution >= 4 is 38.9 Å². The number of rotatable bonds is 32. The first-order valence-electron chi connectivity index (χ1n) is 18.7.